The SMILES string of the molecule is CCCCN(C(=O)CSc1ccc2c(c1)OCCO2)c1c(N)n(CC(C)C)c(=O)[nH]c1=O. The van der Waals surface area contributed by atoms with E-state index in [0.717, 1.165) is 11.3 Å². The third kappa shape index (κ3) is 5.48. The average Bonchev–Trinajstić information content (AvgIpc) is 2.76. The third-order valence-corrected chi connectivity index (χ3v) is 5.92. The largest absolute Gasteiger partial charge is 0.486 e. The molecule has 0 fully saturated rings. The van der Waals surface area contributed by atoms with Gasteiger partial charge in [-0.25, -0.2) is 4.79 Å². The summed E-state index contributed by atoms with van der Waals surface area (Å²) >= 11 is 1.34. The second kappa shape index (κ2) is 10.6. The van der Waals surface area contributed by atoms with E-state index in [2.05, 4.69) is 4.98 Å². The highest BCUT2D eigenvalue weighted by molar-refractivity contribution is 8.00. The van der Waals surface area contributed by atoms with Gasteiger partial charge in [0.2, 0.25) is 5.91 Å². The van der Waals surface area contributed by atoms with Gasteiger partial charge in [0.15, 0.2) is 17.2 Å². The molecular formula is C22H30N4O5S. The van der Waals surface area contributed by atoms with Crippen molar-refractivity contribution in [1.29, 1.82) is 0 Å². The number of carbonyl (C=O) groups is 1. The van der Waals surface area contributed by atoms with Crippen LogP contribution in [0.25, 0.3) is 0 Å². The Balaban J connectivity index is 1.85. The predicted molar refractivity (Wildman–Crippen MR) is 126 cm³/mol. The number of anilines is 2. The summed E-state index contributed by atoms with van der Waals surface area (Å²) in [6, 6.07) is 5.53. The van der Waals surface area contributed by atoms with Crippen molar-refractivity contribution in [2.75, 3.05) is 36.1 Å². The molecule has 0 bridgehead atoms. The van der Waals surface area contributed by atoms with E-state index in [1.807, 2.05) is 39.0 Å². The minimum absolute atomic E-state index is 0.0150. The van der Waals surface area contributed by atoms with Gasteiger partial charge < -0.3 is 20.1 Å². The van der Waals surface area contributed by atoms with Crippen LogP contribution in [0.5, 0.6) is 11.5 Å². The first-order chi connectivity index (χ1) is 15.3. The number of nitrogens with two attached hydrogens (primary N) is 1. The molecule has 0 saturated heterocycles. The normalized spacial score (nSPS) is 12.8. The Morgan fingerprint density at radius 3 is 2.66 bits per heavy atom. The van der Waals surface area contributed by atoms with Gasteiger partial charge in [-0.05, 0) is 30.5 Å². The van der Waals surface area contributed by atoms with Crippen LogP contribution in [0.3, 0.4) is 0 Å². The third-order valence-electron chi connectivity index (χ3n) is 4.94. The Hall–Kier alpha value is -2.88. The minimum atomic E-state index is -0.652. The van der Waals surface area contributed by atoms with Crippen LogP contribution in [-0.2, 0) is 11.3 Å². The zero-order valence-corrected chi connectivity index (χ0v) is 19.5. The lowest BCUT2D eigenvalue weighted by Crippen LogP contribution is -2.42. The second-order valence-corrected chi connectivity index (χ2v) is 9.04. The van der Waals surface area contributed by atoms with Gasteiger partial charge in [-0.1, -0.05) is 27.2 Å². The summed E-state index contributed by atoms with van der Waals surface area (Å²) in [4.78, 5) is 42.7. The van der Waals surface area contributed by atoms with Crippen LogP contribution in [0.2, 0.25) is 0 Å². The summed E-state index contributed by atoms with van der Waals surface area (Å²) in [5, 5.41) is 0. The number of benzene rings is 1. The van der Waals surface area contributed by atoms with Crippen molar-refractivity contribution in [2.45, 2.75) is 45.1 Å². The number of H-pyrrole nitrogens is 1. The van der Waals surface area contributed by atoms with Crippen molar-refractivity contribution in [3.05, 3.63) is 39.0 Å². The standard InChI is InChI=1S/C22H30N4O5S/c1-4-5-8-25(19-20(23)26(12-14(2)3)22(29)24-21(19)28)18(27)13-32-15-6-7-16-17(11-15)31-10-9-30-16/h6-7,11,14H,4-5,8-10,12-13,23H2,1-3H3,(H,24,28,29). The first-order valence-electron chi connectivity index (χ1n) is 10.8. The molecule has 1 amide bonds. The smallest absolute Gasteiger partial charge is 0.330 e. The number of thioether (sulfide) groups is 1. The molecule has 3 N–H and O–H groups in total. The molecule has 10 heteroatoms. The van der Waals surface area contributed by atoms with Crippen LogP contribution in [0.4, 0.5) is 11.5 Å². The van der Waals surface area contributed by atoms with Gasteiger partial charge >= 0.3 is 5.69 Å². The highest BCUT2D eigenvalue weighted by Crippen LogP contribution is 2.34. The summed E-state index contributed by atoms with van der Waals surface area (Å²) in [5.74, 6) is 1.33. The van der Waals surface area contributed by atoms with Crippen LogP contribution in [0.1, 0.15) is 33.6 Å². The molecular weight excluding hydrogens is 432 g/mol. The van der Waals surface area contributed by atoms with Crippen molar-refractivity contribution in [3.8, 4) is 11.5 Å². The van der Waals surface area contributed by atoms with Gasteiger partial charge in [-0.2, -0.15) is 0 Å². The lowest BCUT2D eigenvalue weighted by molar-refractivity contribution is -0.116. The van der Waals surface area contributed by atoms with Gasteiger partial charge in [0, 0.05) is 18.0 Å². The zero-order chi connectivity index (χ0) is 23.3. The number of ether oxygens (including phenoxy) is 2. The number of rotatable bonds is 9. The van der Waals surface area contributed by atoms with Crippen LogP contribution in [0.15, 0.2) is 32.7 Å². The number of nitrogens with zero attached hydrogens (tertiary/aromatic N) is 2. The fourth-order valence-electron chi connectivity index (χ4n) is 3.40. The van der Waals surface area contributed by atoms with Gasteiger partial charge in [0.25, 0.3) is 5.56 Å². The van der Waals surface area contributed by atoms with E-state index in [9.17, 15) is 14.4 Å². The molecule has 2 heterocycles. The number of nitrogen functional groups attached to an aromatic ring is 1. The van der Waals surface area contributed by atoms with E-state index in [-0.39, 0.29) is 29.1 Å². The van der Waals surface area contributed by atoms with Crippen molar-refractivity contribution < 1.29 is 14.3 Å². The lowest BCUT2D eigenvalue weighted by atomic mass is 10.2. The summed E-state index contributed by atoms with van der Waals surface area (Å²) in [7, 11) is 0. The molecule has 0 atom stereocenters. The summed E-state index contributed by atoms with van der Waals surface area (Å²) in [6.07, 6.45) is 1.53. The Morgan fingerprint density at radius 2 is 1.97 bits per heavy atom. The average molecular weight is 463 g/mol. The number of unbranched alkanes of at least 4 members (excludes halogenated alkanes) is 1. The molecule has 0 saturated carbocycles. The van der Waals surface area contributed by atoms with Gasteiger partial charge in [0.05, 0.1) is 5.75 Å². The minimum Gasteiger partial charge on any atom is -0.486 e. The maximum Gasteiger partial charge on any atom is 0.330 e. The number of amides is 1. The number of carbonyl (C=O) groups excluding carboxylic acids is 1. The number of hydrogen-bond acceptors (Lipinski definition) is 7. The number of nitrogens with one attached hydrogen (secondary N) is 1. The molecule has 0 unspecified atom stereocenters. The molecule has 1 aromatic carbocycles. The van der Waals surface area contributed by atoms with Crippen LogP contribution in [-0.4, -0.2) is 41.0 Å². The van der Waals surface area contributed by atoms with Gasteiger partial charge in [0.1, 0.15) is 19.0 Å². The van der Waals surface area contributed by atoms with Crippen LogP contribution >= 0.6 is 11.8 Å². The number of hydrogen-bond donors (Lipinski definition) is 2. The van der Waals surface area contributed by atoms with Gasteiger partial charge in [-0.3, -0.25) is 19.1 Å². The maximum atomic E-state index is 13.2. The Bertz CT molecular complexity index is 1080. The fourth-order valence-corrected chi connectivity index (χ4v) is 4.20. The van der Waals surface area contributed by atoms with Crippen molar-refractivity contribution >= 4 is 29.2 Å². The molecule has 32 heavy (non-hydrogen) atoms. The molecule has 174 valence electrons. The molecule has 1 aliphatic heterocycles. The van der Waals surface area contributed by atoms with Crippen molar-refractivity contribution in [2.24, 2.45) is 5.92 Å². The maximum absolute atomic E-state index is 13.2. The number of aromatic amines is 1. The van der Waals surface area contributed by atoms with Crippen LogP contribution in [0, 0.1) is 5.92 Å². The van der Waals surface area contributed by atoms with E-state index < -0.39 is 11.2 Å². The molecule has 0 radical (unpaired) electrons. The second-order valence-electron chi connectivity index (χ2n) is 7.99. The highest BCUT2D eigenvalue weighted by Gasteiger charge is 2.24. The molecule has 3 rings (SSSR count). The zero-order valence-electron chi connectivity index (χ0n) is 18.7. The van der Waals surface area contributed by atoms with E-state index in [0.29, 0.717) is 44.2 Å². The quantitative estimate of drug-likeness (QED) is 0.549. The topological polar surface area (TPSA) is 120 Å². The van der Waals surface area contributed by atoms with Crippen molar-refractivity contribution in [3.63, 3.8) is 0 Å². The predicted octanol–water partition coefficient (Wildman–Crippen LogP) is 2.47. The fraction of sp³-hybridized carbons (Fsp3) is 0.500. The van der Waals surface area contributed by atoms with E-state index in [1.165, 1.54) is 21.2 Å². The molecule has 1 aromatic heterocycles. The Morgan fingerprint density at radius 1 is 1.25 bits per heavy atom. The monoisotopic (exact) mass is 462 g/mol. The Labute approximate surface area is 190 Å². The van der Waals surface area contributed by atoms with Crippen molar-refractivity contribution in [1.82, 2.24) is 9.55 Å². The van der Waals surface area contributed by atoms with E-state index >= 15 is 0 Å². The first kappa shape index (κ1) is 23.8. The molecule has 9 nitrogen and oxygen atoms in total. The lowest BCUT2D eigenvalue weighted by Gasteiger charge is -2.25. The Kier molecular flexibility index (Phi) is 7.89. The summed E-state index contributed by atoms with van der Waals surface area (Å²) in [5.41, 5.74) is 5.05. The number of aromatic nitrogens is 2. The molecule has 2 aromatic rings. The first-order valence-corrected chi connectivity index (χ1v) is 11.8. The molecule has 0 aliphatic carbocycles. The van der Waals surface area contributed by atoms with Crippen LogP contribution < -0.4 is 31.4 Å². The summed E-state index contributed by atoms with van der Waals surface area (Å²) in [6.45, 7) is 7.57. The highest BCUT2D eigenvalue weighted by atomic mass is 32.2. The summed E-state index contributed by atoms with van der Waals surface area (Å²) < 4.78 is 12.5. The molecule has 0 spiro atoms. The van der Waals surface area contributed by atoms with E-state index in [1.54, 1.807) is 0 Å². The van der Waals surface area contributed by atoms with E-state index in [4.69, 9.17) is 15.2 Å². The number of fused-ring (bicyclic) bond motifs is 1. The van der Waals surface area contributed by atoms with Gasteiger partial charge in [-0.15, -0.1) is 11.8 Å². The molecule has 1 aliphatic rings.